The summed E-state index contributed by atoms with van der Waals surface area (Å²) in [5, 5.41) is 0.396. The molecule has 0 unspecified atom stereocenters. The van der Waals surface area contributed by atoms with Crippen molar-refractivity contribution in [1.29, 1.82) is 0 Å². The average Bonchev–Trinajstić information content (AvgIpc) is 2.79. The van der Waals surface area contributed by atoms with Gasteiger partial charge in [0.15, 0.2) is 0 Å². The summed E-state index contributed by atoms with van der Waals surface area (Å²) in [5.74, 6) is -0.536. The van der Waals surface area contributed by atoms with Crippen molar-refractivity contribution < 1.29 is 18.7 Å². The third-order valence-corrected chi connectivity index (χ3v) is 3.73. The lowest BCUT2D eigenvalue weighted by molar-refractivity contribution is 0.0605. The molecule has 0 fully saturated rings. The van der Waals surface area contributed by atoms with Crippen LogP contribution in [0.3, 0.4) is 0 Å². The van der Waals surface area contributed by atoms with Gasteiger partial charge in [-0.25, -0.2) is 14.2 Å². The van der Waals surface area contributed by atoms with Crippen LogP contribution in [0.1, 0.15) is 15.4 Å². The van der Waals surface area contributed by atoms with E-state index in [1.807, 2.05) is 0 Å². The average molecular weight is 281 g/mol. The van der Waals surface area contributed by atoms with Gasteiger partial charge in [0, 0.05) is 0 Å². The van der Waals surface area contributed by atoms with E-state index < -0.39 is 11.8 Å². The molecule has 4 nitrogen and oxygen atoms in total. The highest BCUT2D eigenvalue weighted by atomic mass is 32.1. The molecule has 19 heavy (non-hydrogen) atoms. The predicted octanol–water partition coefficient (Wildman–Crippen LogP) is 3.05. The molecule has 2 aromatic rings. The molecule has 0 spiro atoms. The number of benzene rings is 1. The lowest BCUT2D eigenvalue weighted by atomic mass is 10.2. The third kappa shape index (κ3) is 2.44. The highest BCUT2D eigenvalue weighted by Crippen LogP contribution is 2.36. The van der Waals surface area contributed by atoms with Gasteiger partial charge in [0.2, 0.25) is 0 Å². The van der Waals surface area contributed by atoms with Crippen molar-refractivity contribution in [2.75, 3.05) is 14.2 Å². The molecule has 1 aromatic carbocycles. The summed E-state index contributed by atoms with van der Waals surface area (Å²) in [6, 6.07) is 4.53. The van der Waals surface area contributed by atoms with Crippen molar-refractivity contribution in [3.05, 3.63) is 34.6 Å². The van der Waals surface area contributed by atoms with Gasteiger partial charge in [-0.15, -0.1) is 11.3 Å². The van der Waals surface area contributed by atoms with Crippen LogP contribution in [0.2, 0.25) is 0 Å². The number of hydrogen-bond donors (Lipinski definition) is 0. The first-order chi connectivity index (χ1) is 9.08. The molecule has 0 atom stereocenters. The largest absolute Gasteiger partial charge is 0.496 e. The number of nitrogens with zero attached hydrogens (tertiary/aromatic N) is 1. The number of ether oxygens (including phenoxy) is 2. The van der Waals surface area contributed by atoms with Crippen molar-refractivity contribution in [2.45, 2.75) is 6.92 Å². The molecule has 0 radical (unpaired) electrons. The first-order valence-electron chi connectivity index (χ1n) is 5.47. The zero-order valence-corrected chi connectivity index (χ0v) is 11.5. The molecule has 0 aliphatic rings. The number of carbonyl (C=O) groups is 1. The number of esters is 1. The van der Waals surface area contributed by atoms with Gasteiger partial charge >= 0.3 is 5.97 Å². The first-order valence-corrected chi connectivity index (χ1v) is 6.28. The Labute approximate surface area is 113 Å². The van der Waals surface area contributed by atoms with E-state index in [2.05, 4.69) is 9.72 Å². The maximum atomic E-state index is 13.9. The van der Waals surface area contributed by atoms with Gasteiger partial charge in [-0.05, 0) is 19.1 Å². The molecule has 100 valence electrons. The van der Waals surface area contributed by atoms with E-state index in [1.165, 1.54) is 20.3 Å². The minimum absolute atomic E-state index is 0.258. The normalized spacial score (nSPS) is 10.3. The summed E-state index contributed by atoms with van der Waals surface area (Å²) in [4.78, 5) is 16.1. The number of thiazole rings is 1. The maximum absolute atomic E-state index is 13.9. The molecule has 0 saturated heterocycles. The van der Waals surface area contributed by atoms with Crippen molar-refractivity contribution in [3.63, 3.8) is 0 Å². The van der Waals surface area contributed by atoms with Crippen LogP contribution < -0.4 is 4.74 Å². The lowest BCUT2D eigenvalue weighted by Crippen LogP contribution is -1.99. The van der Waals surface area contributed by atoms with Crippen LogP contribution in [-0.2, 0) is 4.74 Å². The number of halogens is 1. The molecule has 0 saturated carbocycles. The van der Waals surface area contributed by atoms with E-state index in [0.29, 0.717) is 21.3 Å². The highest BCUT2D eigenvalue weighted by molar-refractivity contribution is 7.17. The van der Waals surface area contributed by atoms with Gasteiger partial charge in [0.1, 0.15) is 21.5 Å². The molecule has 1 heterocycles. The molecule has 2 rings (SSSR count). The number of aryl methyl sites for hydroxylation is 1. The minimum Gasteiger partial charge on any atom is -0.496 e. The SMILES string of the molecule is COC(=O)c1sc(-c2c(F)cccc2OC)nc1C. The molecule has 0 aliphatic heterocycles. The van der Waals surface area contributed by atoms with Gasteiger partial charge in [0.05, 0.1) is 25.5 Å². The Balaban J connectivity index is 2.57. The summed E-state index contributed by atoms with van der Waals surface area (Å²) in [6.45, 7) is 1.68. The second kappa shape index (κ2) is 5.36. The Morgan fingerprint density at radius 3 is 2.74 bits per heavy atom. The zero-order chi connectivity index (χ0) is 14.0. The fourth-order valence-corrected chi connectivity index (χ4v) is 2.70. The monoisotopic (exact) mass is 281 g/mol. The topological polar surface area (TPSA) is 48.4 Å². The maximum Gasteiger partial charge on any atom is 0.349 e. The van der Waals surface area contributed by atoms with E-state index in [-0.39, 0.29) is 5.56 Å². The quantitative estimate of drug-likeness (QED) is 0.811. The first kappa shape index (κ1) is 13.5. The third-order valence-electron chi connectivity index (χ3n) is 2.58. The molecular weight excluding hydrogens is 269 g/mol. The fourth-order valence-electron chi connectivity index (χ4n) is 1.67. The van der Waals surface area contributed by atoms with Crippen LogP contribution >= 0.6 is 11.3 Å². The Hall–Kier alpha value is -1.95. The molecular formula is C13H12FNO3S. The van der Waals surface area contributed by atoms with Crippen LogP contribution in [0.5, 0.6) is 5.75 Å². The smallest absolute Gasteiger partial charge is 0.349 e. The van der Waals surface area contributed by atoms with Crippen molar-refractivity contribution >= 4 is 17.3 Å². The molecule has 6 heteroatoms. The lowest BCUT2D eigenvalue weighted by Gasteiger charge is -2.06. The van der Waals surface area contributed by atoms with Crippen LogP contribution in [0.15, 0.2) is 18.2 Å². The molecule has 0 amide bonds. The summed E-state index contributed by atoms with van der Waals surface area (Å²) >= 11 is 1.08. The Bertz CT molecular complexity index is 624. The van der Waals surface area contributed by atoms with Gasteiger partial charge in [-0.2, -0.15) is 0 Å². The van der Waals surface area contributed by atoms with E-state index in [0.717, 1.165) is 11.3 Å². The van der Waals surface area contributed by atoms with Crippen LogP contribution in [0.4, 0.5) is 4.39 Å². The van der Waals surface area contributed by atoms with Crippen molar-refractivity contribution in [2.24, 2.45) is 0 Å². The van der Waals surface area contributed by atoms with Gasteiger partial charge in [-0.3, -0.25) is 0 Å². The molecule has 0 aliphatic carbocycles. The highest BCUT2D eigenvalue weighted by Gasteiger charge is 2.20. The number of methoxy groups -OCH3 is 2. The number of hydrogen-bond acceptors (Lipinski definition) is 5. The zero-order valence-electron chi connectivity index (χ0n) is 10.7. The van der Waals surface area contributed by atoms with Gasteiger partial charge in [-0.1, -0.05) is 6.07 Å². The number of rotatable bonds is 3. The molecule has 0 bridgehead atoms. The Kier molecular flexibility index (Phi) is 3.80. The van der Waals surface area contributed by atoms with Crippen LogP contribution in [0.25, 0.3) is 10.6 Å². The summed E-state index contributed by atoms with van der Waals surface area (Å²) < 4.78 is 23.7. The van der Waals surface area contributed by atoms with E-state index in [9.17, 15) is 9.18 Å². The summed E-state index contributed by atoms with van der Waals surface area (Å²) in [6.07, 6.45) is 0. The number of carbonyl (C=O) groups excluding carboxylic acids is 1. The minimum atomic E-state index is -0.475. The van der Waals surface area contributed by atoms with E-state index in [4.69, 9.17) is 4.74 Å². The van der Waals surface area contributed by atoms with Crippen molar-refractivity contribution in [1.82, 2.24) is 4.98 Å². The number of aromatic nitrogens is 1. The second-order valence-electron chi connectivity index (χ2n) is 3.74. The standard InChI is InChI=1S/C13H12FNO3S/c1-7-11(13(16)18-3)19-12(15-7)10-8(14)5-4-6-9(10)17-2/h4-6H,1-3H3. The fraction of sp³-hybridized carbons (Fsp3) is 0.231. The van der Waals surface area contributed by atoms with Gasteiger partial charge < -0.3 is 9.47 Å². The Morgan fingerprint density at radius 1 is 1.37 bits per heavy atom. The summed E-state index contributed by atoms with van der Waals surface area (Å²) in [5.41, 5.74) is 0.769. The predicted molar refractivity (Wildman–Crippen MR) is 70.1 cm³/mol. The van der Waals surface area contributed by atoms with Crippen LogP contribution in [-0.4, -0.2) is 25.2 Å². The van der Waals surface area contributed by atoms with Crippen molar-refractivity contribution in [3.8, 4) is 16.3 Å². The second-order valence-corrected chi connectivity index (χ2v) is 4.74. The summed E-state index contributed by atoms with van der Waals surface area (Å²) in [7, 11) is 2.75. The van der Waals surface area contributed by atoms with Gasteiger partial charge in [0.25, 0.3) is 0 Å². The van der Waals surface area contributed by atoms with E-state index in [1.54, 1.807) is 19.1 Å². The van der Waals surface area contributed by atoms with E-state index >= 15 is 0 Å². The van der Waals surface area contributed by atoms with Crippen LogP contribution in [0, 0.1) is 12.7 Å². The Morgan fingerprint density at radius 2 is 2.11 bits per heavy atom. The molecule has 1 aromatic heterocycles. The molecule has 0 N–H and O–H groups in total.